The van der Waals surface area contributed by atoms with Gasteiger partial charge >= 0.3 is 0 Å². The van der Waals surface area contributed by atoms with Gasteiger partial charge in [0.05, 0.1) is 0 Å². The topological polar surface area (TPSA) is 61.4 Å². The molecule has 0 bridgehead atoms. The first kappa shape index (κ1) is 7.27. The Morgan fingerprint density at radius 1 is 1.43 bits per heavy atom. The number of hydrogen-bond donors (Lipinski definition) is 1. The van der Waals surface area contributed by atoms with Gasteiger partial charge in [-0.05, 0) is 0 Å². The van der Waals surface area contributed by atoms with Crippen LogP contribution in [-0.4, -0.2) is 19.1 Å². The Labute approximate surface area is 43.7 Å². The molecule has 0 aliphatic carbocycles. The van der Waals surface area contributed by atoms with Crippen molar-refractivity contribution in [3.05, 3.63) is 0 Å². The number of hydrazine groups is 1. The third-order valence-corrected chi connectivity index (χ3v) is 0.845. The van der Waals surface area contributed by atoms with Crippen molar-refractivity contribution >= 4 is 8.53 Å². The van der Waals surface area contributed by atoms with Crippen molar-refractivity contribution in [1.82, 2.24) is 10.2 Å². The lowest BCUT2D eigenvalue weighted by Gasteiger charge is -2.34. The highest BCUT2D eigenvalue weighted by molar-refractivity contribution is 7.39. The fourth-order valence-corrected chi connectivity index (χ4v) is 0.490. The predicted molar refractivity (Wildman–Crippen MR) is 23.7 cm³/mol. The molecule has 0 aromatic heterocycles. The lowest BCUT2D eigenvalue weighted by atomic mass is 11.2. The molecular formula is C2H7N2O2P-2. The minimum absolute atomic E-state index is 1.35. The summed E-state index contributed by atoms with van der Waals surface area (Å²) in [6.07, 6.45) is 0. The molecule has 0 radical (unpaired) electrons. The molecule has 0 spiro atoms. The number of rotatable bonds is 2. The van der Waals surface area contributed by atoms with E-state index in [4.69, 9.17) is 0 Å². The Morgan fingerprint density at radius 3 is 1.86 bits per heavy atom. The number of hydrogen-bond acceptors (Lipinski definition) is 4. The lowest BCUT2D eigenvalue weighted by molar-refractivity contribution is -0.299. The van der Waals surface area contributed by atoms with Crippen LogP contribution in [-0.2, 0) is 0 Å². The summed E-state index contributed by atoms with van der Waals surface area (Å²) in [5.41, 5.74) is 0. The largest absolute Gasteiger partial charge is 0.829 e. The van der Waals surface area contributed by atoms with E-state index in [-0.39, 0.29) is 0 Å². The minimum Gasteiger partial charge on any atom is -0.829 e. The molecule has 0 aromatic carbocycles. The van der Waals surface area contributed by atoms with E-state index >= 15 is 0 Å². The molecule has 0 unspecified atom stereocenters. The van der Waals surface area contributed by atoms with Crippen LogP contribution in [0.4, 0.5) is 0 Å². The van der Waals surface area contributed by atoms with Crippen molar-refractivity contribution in [2.24, 2.45) is 0 Å². The van der Waals surface area contributed by atoms with Gasteiger partial charge in [-0.1, -0.05) is 0 Å². The zero-order valence-electron chi connectivity index (χ0n) is 4.21. The Morgan fingerprint density at radius 2 is 1.86 bits per heavy atom. The van der Waals surface area contributed by atoms with Crippen LogP contribution in [0.1, 0.15) is 0 Å². The van der Waals surface area contributed by atoms with Gasteiger partial charge in [-0.25, -0.2) is 13.5 Å². The summed E-state index contributed by atoms with van der Waals surface area (Å²) in [4.78, 5) is 19.4. The monoisotopic (exact) mass is 122 g/mol. The van der Waals surface area contributed by atoms with Crippen LogP contribution in [0.5, 0.6) is 0 Å². The van der Waals surface area contributed by atoms with Gasteiger partial charge in [0.25, 0.3) is 0 Å². The summed E-state index contributed by atoms with van der Waals surface area (Å²) in [5, 5.41) is 3.45. The summed E-state index contributed by atoms with van der Waals surface area (Å²) in [7, 11) is 0.741. The Bertz CT molecular complexity index is 43.0. The van der Waals surface area contributed by atoms with Gasteiger partial charge in [-0.15, -0.1) is 0 Å². The smallest absolute Gasteiger partial charge is 0.00151 e. The molecule has 0 amide bonds. The van der Waals surface area contributed by atoms with E-state index < -0.39 is 8.53 Å². The standard InChI is InChI=1S/C2H7N2O2P/c1-4(2)3-7(5)6/h3H,1-2H3/q-2. The molecule has 4 nitrogen and oxygen atoms in total. The second kappa shape index (κ2) is 3.29. The molecule has 1 N–H and O–H groups in total. The molecule has 0 heterocycles. The average Bonchev–Trinajstić information content (AvgIpc) is 1.27. The molecular weight excluding hydrogens is 115 g/mol. The predicted octanol–water partition coefficient (Wildman–Crippen LogP) is -2.00. The summed E-state index contributed by atoms with van der Waals surface area (Å²) in [5.74, 6) is 0. The molecule has 0 saturated heterocycles. The maximum Gasteiger partial charge on any atom is 0.00151 e. The van der Waals surface area contributed by atoms with Crippen molar-refractivity contribution in [2.75, 3.05) is 14.1 Å². The first-order valence-electron chi connectivity index (χ1n) is 1.71. The van der Waals surface area contributed by atoms with Gasteiger partial charge in [0.2, 0.25) is 0 Å². The third kappa shape index (κ3) is 6.27. The van der Waals surface area contributed by atoms with Crippen LogP contribution in [0, 0.1) is 0 Å². The maximum atomic E-state index is 9.69. The average molecular weight is 122 g/mol. The number of nitrogens with one attached hydrogen (secondary N) is 1. The molecule has 44 valence electrons. The fourth-order valence-electron chi connectivity index (χ4n) is 0.163. The minimum atomic E-state index is -2.46. The molecule has 0 atom stereocenters. The molecule has 7 heavy (non-hydrogen) atoms. The van der Waals surface area contributed by atoms with Crippen molar-refractivity contribution < 1.29 is 9.79 Å². The van der Waals surface area contributed by atoms with Crippen LogP contribution in [0.15, 0.2) is 0 Å². The molecule has 0 aromatic rings. The highest BCUT2D eigenvalue weighted by Crippen LogP contribution is 1.99. The van der Waals surface area contributed by atoms with Crippen LogP contribution >= 0.6 is 8.53 Å². The summed E-state index contributed by atoms with van der Waals surface area (Å²) in [6.45, 7) is 0. The van der Waals surface area contributed by atoms with Crippen LogP contribution in [0.2, 0.25) is 0 Å². The summed E-state index contributed by atoms with van der Waals surface area (Å²) in [6, 6.07) is 0. The highest BCUT2D eigenvalue weighted by atomic mass is 31.2. The molecule has 0 fully saturated rings. The molecule has 0 saturated carbocycles. The molecule has 5 heteroatoms. The second-order valence-electron chi connectivity index (χ2n) is 1.25. The van der Waals surface area contributed by atoms with Crippen molar-refractivity contribution in [3.8, 4) is 0 Å². The zero-order valence-corrected chi connectivity index (χ0v) is 5.11. The van der Waals surface area contributed by atoms with Gasteiger partial charge < -0.3 is 9.79 Å². The Kier molecular flexibility index (Phi) is 3.42. The van der Waals surface area contributed by atoms with Crippen molar-refractivity contribution in [2.45, 2.75) is 0 Å². The van der Waals surface area contributed by atoms with Gasteiger partial charge in [-0.3, -0.25) is 5.20 Å². The van der Waals surface area contributed by atoms with E-state index in [1.54, 1.807) is 14.1 Å². The Balaban J connectivity index is 2.95. The van der Waals surface area contributed by atoms with Gasteiger partial charge in [-0.2, -0.15) is 0 Å². The molecule has 0 aliphatic heterocycles. The van der Waals surface area contributed by atoms with E-state index in [9.17, 15) is 9.79 Å². The second-order valence-corrected chi connectivity index (χ2v) is 1.97. The first-order valence-corrected chi connectivity index (χ1v) is 2.88. The lowest BCUT2D eigenvalue weighted by Crippen LogP contribution is -2.33. The van der Waals surface area contributed by atoms with Crippen LogP contribution < -0.4 is 15.0 Å². The van der Waals surface area contributed by atoms with E-state index in [1.165, 1.54) is 5.01 Å². The summed E-state index contributed by atoms with van der Waals surface area (Å²) < 4.78 is 0. The van der Waals surface area contributed by atoms with Gasteiger partial charge in [0.15, 0.2) is 0 Å². The quantitative estimate of drug-likeness (QED) is 0.340. The van der Waals surface area contributed by atoms with Crippen molar-refractivity contribution in [3.63, 3.8) is 0 Å². The van der Waals surface area contributed by atoms with Gasteiger partial charge in [0, 0.05) is 14.1 Å². The summed E-state index contributed by atoms with van der Waals surface area (Å²) >= 11 is 0. The van der Waals surface area contributed by atoms with E-state index in [0.717, 1.165) is 0 Å². The molecule has 0 rings (SSSR count). The maximum absolute atomic E-state index is 9.69. The zero-order chi connectivity index (χ0) is 5.86. The SMILES string of the molecule is CN(C)NP([O-])[O-]. The van der Waals surface area contributed by atoms with Crippen LogP contribution in [0.25, 0.3) is 0 Å². The Hall–Kier alpha value is 0.270. The van der Waals surface area contributed by atoms with E-state index in [2.05, 4.69) is 5.20 Å². The normalized spacial score (nSPS) is 11.1. The first-order chi connectivity index (χ1) is 3.13. The van der Waals surface area contributed by atoms with E-state index in [0.29, 0.717) is 0 Å². The van der Waals surface area contributed by atoms with Gasteiger partial charge in [0.1, 0.15) is 0 Å². The highest BCUT2D eigenvalue weighted by Gasteiger charge is 1.75. The third-order valence-electron chi connectivity index (χ3n) is 0.282. The van der Waals surface area contributed by atoms with Crippen molar-refractivity contribution in [1.29, 1.82) is 0 Å². The fraction of sp³-hybridized carbons (Fsp3) is 1.00. The van der Waals surface area contributed by atoms with Crippen LogP contribution in [0.3, 0.4) is 0 Å². The molecule has 0 aliphatic rings. The van der Waals surface area contributed by atoms with E-state index in [1.807, 2.05) is 0 Å². The number of nitrogens with zero attached hydrogens (tertiary/aromatic N) is 1.